The molecule has 0 aliphatic carbocycles. The Bertz CT molecular complexity index is 1670. The third kappa shape index (κ3) is 4.35. The van der Waals surface area contributed by atoms with Gasteiger partial charge in [0, 0.05) is 18.1 Å². The van der Waals surface area contributed by atoms with Crippen molar-refractivity contribution in [3.05, 3.63) is 112 Å². The van der Waals surface area contributed by atoms with Crippen LogP contribution in [0, 0.1) is 6.92 Å². The summed E-state index contributed by atoms with van der Waals surface area (Å²) in [6.07, 6.45) is 1.91. The number of nitrogens with zero attached hydrogens (tertiary/aromatic N) is 3. The van der Waals surface area contributed by atoms with Crippen LogP contribution in [-0.4, -0.2) is 14.6 Å². The number of aromatic nitrogens is 3. The van der Waals surface area contributed by atoms with E-state index in [-0.39, 0.29) is 16.2 Å². The van der Waals surface area contributed by atoms with E-state index in [1.165, 1.54) is 4.52 Å². The second-order valence-electron chi connectivity index (χ2n) is 7.47. The van der Waals surface area contributed by atoms with Gasteiger partial charge in [0.05, 0.1) is 10.0 Å². The van der Waals surface area contributed by atoms with Gasteiger partial charge in [-0.3, -0.25) is 9.59 Å². The van der Waals surface area contributed by atoms with Gasteiger partial charge in [-0.2, -0.15) is 14.6 Å². The Morgan fingerprint density at radius 3 is 2.58 bits per heavy atom. The fourth-order valence-electron chi connectivity index (χ4n) is 3.32. The normalized spacial score (nSPS) is 12.0. The molecule has 3 heterocycles. The first-order chi connectivity index (χ1) is 15.9. The van der Waals surface area contributed by atoms with Gasteiger partial charge in [0.1, 0.15) is 21.7 Å². The zero-order valence-corrected chi connectivity index (χ0v) is 19.5. The quantitative estimate of drug-likeness (QED) is 0.366. The summed E-state index contributed by atoms with van der Waals surface area (Å²) in [7, 11) is 0. The smallest absolute Gasteiger partial charge is 0.296 e. The fraction of sp³-hybridized carbons (Fsp3) is 0.0833. The number of furan rings is 1. The van der Waals surface area contributed by atoms with E-state index in [0.29, 0.717) is 32.5 Å². The molecule has 33 heavy (non-hydrogen) atoms. The minimum atomic E-state index is -0.441. The van der Waals surface area contributed by atoms with Gasteiger partial charge in [-0.1, -0.05) is 64.4 Å². The van der Waals surface area contributed by atoms with E-state index >= 15 is 0 Å². The Balaban J connectivity index is 1.51. The Labute approximate surface area is 201 Å². The van der Waals surface area contributed by atoms with Crippen LogP contribution in [0.4, 0.5) is 0 Å². The van der Waals surface area contributed by atoms with Gasteiger partial charge in [0.25, 0.3) is 11.1 Å². The van der Waals surface area contributed by atoms with E-state index in [2.05, 4.69) is 10.1 Å². The van der Waals surface area contributed by atoms with Crippen molar-refractivity contribution < 1.29 is 4.42 Å². The molecule has 0 radical (unpaired) electrons. The second-order valence-corrected chi connectivity index (χ2v) is 9.29. The third-order valence-electron chi connectivity index (χ3n) is 5.05. The van der Waals surface area contributed by atoms with Gasteiger partial charge in [-0.15, -0.1) is 0 Å². The molecule has 0 aliphatic rings. The lowest BCUT2D eigenvalue weighted by molar-refractivity contribution is 0.571. The first-order valence-electron chi connectivity index (χ1n) is 9.93. The molecule has 164 valence electrons. The molecule has 0 bridgehead atoms. The van der Waals surface area contributed by atoms with Crippen LogP contribution in [-0.2, 0) is 6.42 Å². The molecule has 0 amide bonds. The van der Waals surface area contributed by atoms with Crippen LogP contribution < -0.4 is 15.7 Å². The summed E-state index contributed by atoms with van der Waals surface area (Å²) >= 11 is 13.1. The maximum absolute atomic E-state index is 12.9. The Hall–Kier alpha value is -3.26. The monoisotopic (exact) mass is 495 g/mol. The molecular weight excluding hydrogens is 481 g/mol. The minimum absolute atomic E-state index is 0.220. The average Bonchev–Trinajstić information content (AvgIpc) is 3.37. The lowest BCUT2D eigenvalue weighted by Gasteiger charge is -2.01. The molecule has 0 saturated heterocycles. The molecule has 0 atom stereocenters. The molecular formula is C24H15Cl2N3O3S. The molecule has 0 unspecified atom stereocenters. The van der Waals surface area contributed by atoms with Crippen LogP contribution in [0.15, 0.2) is 68.6 Å². The Kier molecular flexibility index (Phi) is 5.62. The van der Waals surface area contributed by atoms with Gasteiger partial charge in [0.2, 0.25) is 4.96 Å². The largest absolute Gasteiger partial charge is 0.457 e. The van der Waals surface area contributed by atoms with Crippen LogP contribution >= 0.6 is 34.5 Å². The van der Waals surface area contributed by atoms with Crippen molar-refractivity contribution in [1.82, 2.24) is 14.6 Å². The summed E-state index contributed by atoms with van der Waals surface area (Å²) in [5, 5.41) is 5.16. The van der Waals surface area contributed by atoms with Crippen molar-refractivity contribution >= 4 is 45.6 Å². The van der Waals surface area contributed by atoms with Crippen LogP contribution in [0.2, 0.25) is 10.0 Å². The van der Waals surface area contributed by atoms with Crippen molar-refractivity contribution in [3.63, 3.8) is 0 Å². The highest BCUT2D eigenvalue weighted by atomic mass is 35.5. The van der Waals surface area contributed by atoms with Crippen LogP contribution in [0.25, 0.3) is 22.4 Å². The second kappa shape index (κ2) is 8.59. The SMILES string of the molecule is Cc1ccc(Cc2nn3c(=O)/c(=C\c4ccc(-c5ccc(Cl)c(Cl)c5)o4)sc3nc2=O)cc1. The lowest BCUT2D eigenvalue weighted by atomic mass is 10.1. The van der Waals surface area contributed by atoms with E-state index in [9.17, 15) is 9.59 Å². The van der Waals surface area contributed by atoms with Gasteiger partial charge in [0.15, 0.2) is 0 Å². The molecule has 0 spiro atoms. The third-order valence-corrected chi connectivity index (χ3v) is 6.74. The van der Waals surface area contributed by atoms with Crippen molar-refractivity contribution in [2.45, 2.75) is 13.3 Å². The Morgan fingerprint density at radius 1 is 1.03 bits per heavy atom. The highest BCUT2D eigenvalue weighted by Gasteiger charge is 2.13. The van der Waals surface area contributed by atoms with E-state index in [1.54, 1.807) is 36.4 Å². The molecule has 6 nitrogen and oxygen atoms in total. The molecule has 0 fully saturated rings. The van der Waals surface area contributed by atoms with Gasteiger partial charge < -0.3 is 4.42 Å². The summed E-state index contributed by atoms with van der Waals surface area (Å²) < 4.78 is 7.38. The predicted molar refractivity (Wildman–Crippen MR) is 130 cm³/mol. The molecule has 2 aromatic carbocycles. The zero-order valence-electron chi connectivity index (χ0n) is 17.2. The fourth-order valence-corrected chi connectivity index (χ4v) is 4.50. The highest BCUT2D eigenvalue weighted by Crippen LogP contribution is 2.29. The molecule has 0 aliphatic heterocycles. The van der Waals surface area contributed by atoms with Crippen LogP contribution in [0.5, 0.6) is 0 Å². The molecule has 5 rings (SSSR count). The van der Waals surface area contributed by atoms with Crippen molar-refractivity contribution in [1.29, 1.82) is 0 Å². The summed E-state index contributed by atoms with van der Waals surface area (Å²) in [5.41, 5.74) is 2.22. The minimum Gasteiger partial charge on any atom is -0.457 e. The number of hydrogen-bond acceptors (Lipinski definition) is 6. The topological polar surface area (TPSA) is 77.5 Å². The van der Waals surface area contributed by atoms with E-state index in [4.69, 9.17) is 27.6 Å². The summed E-state index contributed by atoms with van der Waals surface area (Å²) in [6, 6.07) is 16.5. The number of aryl methyl sites for hydroxylation is 1. The number of hydrogen-bond donors (Lipinski definition) is 0. The number of fused-ring (bicyclic) bond motifs is 1. The van der Waals surface area contributed by atoms with E-state index < -0.39 is 5.56 Å². The first-order valence-corrected chi connectivity index (χ1v) is 11.5. The maximum atomic E-state index is 12.9. The summed E-state index contributed by atoms with van der Waals surface area (Å²) in [6.45, 7) is 1.99. The Morgan fingerprint density at radius 2 is 1.82 bits per heavy atom. The molecule has 9 heteroatoms. The lowest BCUT2D eigenvalue weighted by Crippen LogP contribution is -2.28. The van der Waals surface area contributed by atoms with Crippen molar-refractivity contribution in [3.8, 4) is 11.3 Å². The molecule has 0 saturated carbocycles. The van der Waals surface area contributed by atoms with Gasteiger partial charge >= 0.3 is 0 Å². The zero-order chi connectivity index (χ0) is 23.1. The maximum Gasteiger partial charge on any atom is 0.296 e. The average molecular weight is 496 g/mol. The van der Waals surface area contributed by atoms with Gasteiger partial charge in [-0.05, 0) is 42.8 Å². The molecule has 5 aromatic rings. The summed E-state index contributed by atoms with van der Waals surface area (Å²) in [5.74, 6) is 1.06. The van der Waals surface area contributed by atoms with Gasteiger partial charge in [-0.25, -0.2) is 0 Å². The number of benzene rings is 2. The van der Waals surface area contributed by atoms with E-state index in [1.807, 2.05) is 31.2 Å². The standard InChI is InChI=1S/C24H15Cl2N3O3S/c1-13-2-4-14(5-3-13)10-19-22(30)27-24-29(28-19)23(31)21(33-24)12-16-7-9-20(32-16)15-6-8-17(25)18(26)11-15/h2-9,11-12H,10H2,1H3/b21-12+. The van der Waals surface area contributed by atoms with Crippen molar-refractivity contribution in [2.75, 3.05) is 0 Å². The predicted octanol–water partition coefficient (Wildman–Crippen LogP) is 4.52. The van der Waals surface area contributed by atoms with Crippen LogP contribution in [0.3, 0.4) is 0 Å². The van der Waals surface area contributed by atoms with Crippen LogP contribution in [0.1, 0.15) is 22.6 Å². The number of thiazole rings is 1. The first kappa shape index (κ1) is 21.6. The number of rotatable bonds is 4. The summed E-state index contributed by atoms with van der Waals surface area (Å²) in [4.78, 5) is 29.7. The van der Waals surface area contributed by atoms with E-state index in [0.717, 1.165) is 28.0 Å². The molecule has 0 N–H and O–H groups in total. The highest BCUT2D eigenvalue weighted by molar-refractivity contribution is 7.15. The van der Waals surface area contributed by atoms with Crippen molar-refractivity contribution in [2.24, 2.45) is 0 Å². The molecule has 3 aromatic heterocycles. The number of halogens is 2.